The van der Waals surface area contributed by atoms with Gasteiger partial charge in [-0.05, 0) is 32.2 Å². The molecule has 1 aliphatic rings. The first-order valence-electron chi connectivity index (χ1n) is 7.32. The fourth-order valence-corrected chi connectivity index (χ4v) is 2.70. The summed E-state index contributed by atoms with van der Waals surface area (Å²) < 4.78 is 0. The molecule has 2 nitrogen and oxygen atoms in total. The minimum absolute atomic E-state index is 0.397. The van der Waals surface area contributed by atoms with Crippen LogP contribution in [0.3, 0.4) is 0 Å². The van der Waals surface area contributed by atoms with Crippen LogP contribution in [0.15, 0.2) is 0 Å². The Balaban J connectivity index is 2.21. The van der Waals surface area contributed by atoms with E-state index in [2.05, 4.69) is 45.0 Å². The Labute approximate surface area is 108 Å². The van der Waals surface area contributed by atoms with Crippen molar-refractivity contribution in [1.29, 1.82) is 0 Å². The first kappa shape index (κ1) is 15.0. The van der Waals surface area contributed by atoms with Gasteiger partial charge < -0.3 is 10.2 Å². The van der Waals surface area contributed by atoms with Gasteiger partial charge in [0.1, 0.15) is 0 Å². The van der Waals surface area contributed by atoms with Crippen LogP contribution in [0.2, 0.25) is 0 Å². The molecule has 2 heteroatoms. The van der Waals surface area contributed by atoms with Crippen LogP contribution in [0.1, 0.15) is 59.8 Å². The summed E-state index contributed by atoms with van der Waals surface area (Å²) in [5.41, 5.74) is 0.397. The fourth-order valence-electron chi connectivity index (χ4n) is 2.70. The van der Waals surface area contributed by atoms with E-state index < -0.39 is 0 Å². The Morgan fingerprint density at radius 3 is 2.29 bits per heavy atom. The van der Waals surface area contributed by atoms with Gasteiger partial charge in [0.05, 0.1) is 0 Å². The second-order valence-electron chi connectivity index (χ2n) is 7.07. The molecular formula is C15H32N2. The highest BCUT2D eigenvalue weighted by atomic mass is 15.1. The van der Waals surface area contributed by atoms with Crippen LogP contribution in [-0.2, 0) is 0 Å². The largest absolute Gasteiger partial charge is 0.312 e. The van der Waals surface area contributed by atoms with Crippen molar-refractivity contribution in [2.45, 2.75) is 71.9 Å². The Morgan fingerprint density at radius 1 is 1.18 bits per heavy atom. The summed E-state index contributed by atoms with van der Waals surface area (Å²) in [7, 11) is 2.25. The summed E-state index contributed by atoms with van der Waals surface area (Å²) in [6.45, 7) is 11.6. The molecule has 0 aromatic rings. The van der Waals surface area contributed by atoms with Crippen molar-refractivity contribution in [3.63, 3.8) is 0 Å². The first-order chi connectivity index (χ1) is 7.88. The van der Waals surface area contributed by atoms with Gasteiger partial charge in [-0.15, -0.1) is 0 Å². The van der Waals surface area contributed by atoms with Gasteiger partial charge in [0.2, 0.25) is 0 Å². The minimum Gasteiger partial charge on any atom is -0.312 e. The minimum atomic E-state index is 0.397. The van der Waals surface area contributed by atoms with E-state index in [1.807, 2.05) is 0 Å². The van der Waals surface area contributed by atoms with Crippen LogP contribution in [0.25, 0.3) is 0 Å². The molecule has 102 valence electrons. The molecule has 0 aliphatic heterocycles. The molecule has 1 rings (SSSR count). The Kier molecular flexibility index (Phi) is 5.94. The molecule has 0 spiro atoms. The molecule has 17 heavy (non-hydrogen) atoms. The number of nitrogens with zero attached hydrogens (tertiary/aromatic N) is 1. The maximum atomic E-state index is 3.75. The van der Waals surface area contributed by atoms with Gasteiger partial charge in [0.25, 0.3) is 0 Å². The topological polar surface area (TPSA) is 15.3 Å². The molecule has 0 bridgehead atoms. The Morgan fingerprint density at radius 2 is 1.76 bits per heavy atom. The molecule has 1 unspecified atom stereocenters. The normalized spacial score (nSPS) is 20.8. The molecule has 1 atom stereocenters. The van der Waals surface area contributed by atoms with Gasteiger partial charge in [-0.1, -0.05) is 40.0 Å². The SMILES string of the molecule is CC(CNC1CCCCC1)N(C)CC(C)(C)C. The van der Waals surface area contributed by atoms with Crippen molar-refractivity contribution in [2.24, 2.45) is 5.41 Å². The molecule has 1 N–H and O–H groups in total. The zero-order valence-electron chi connectivity index (χ0n) is 12.6. The summed E-state index contributed by atoms with van der Waals surface area (Å²) in [5, 5.41) is 3.75. The van der Waals surface area contributed by atoms with Gasteiger partial charge in [-0.25, -0.2) is 0 Å². The lowest BCUT2D eigenvalue weighted by Gasteiger charge is -2.33. The highest BCUT2D eigenvalue weighted by Gasteiger charge is 2.19. The molecule has 0 amide bonds. The molecule has 0 radical (unpaired) electrons. The second-order valence-corrected chi connectivity index (χ2v) is 7.07. The van der Waals surface area contributed by atoms with E-state index in [1.54, 1.807) is 0 Å². The van der Waals surface area contributed by atoms with Crippen molar-refractivity contribution < 1.29 is 0 Å². The molecule has 0 saturated heterocycles. The maximum absolute atomic E-state index is 3.75. The van der Waals surface area contributed by atoms with E-state index in [1.165, 1.54) is 38.6 Å². The highest BCUT2D eigenvalue weighted by molar-refractivity contribution is 4.77. The summed E-state index contributed by atoms with van der Waals surface area (Å²) in [5.74, 6) is 0. The molecule has 0 aromatic carbocycles. The van der Waals surface area contributed by atoms with E-state index in [-0.39, 0.29) is 0 Å². The third-order valence-electron chi connectivity index (χ3n) is 3.78. The number of nitrogens with one attached hydrogen (secondary N) is 1. The zero-order chi connectivity index (χ0) is 12.9. The lowest BCUT2D eigenvalue weighted by Crippen LogP contribution is -2.44. The summed E-state index contributed by atoms with van der Waals surface area (Å²) in [6.07, 6.45) is 7.05. The van der Waals surface area contributed by atoms with E-state index in [9.17, 15) is 0 Å². The maximum Gasteiger partial charge on any atom is 0.0189 e. The van der Waals surface area contributed by atoms with Crippen molar-refractivity contribution in [2.75, 3.05) is 20.1 Å². The van der Waals surface area contributed by atoms with Crippen LogP contribution >= 0.6 is 0 Å². The second kappa shape index (κ2) is 6.75. The monoisotopic (exact) mass is 240 g/mol. The van der Waals surface area contributed by atoms with Crippen molar-refractivity contribution in [1.82, 2.24) is 10.2 Å². The van der Waals surface area contributed by atoms with E-state index in [0.29, 0.717) is 11.5 Å². The van der Waals surface area contributed by atoms with E-state index in [4.69, 9.17) is 0 Å². The van der Waals surface area contributed by atoms with Crippen LogP contribution in [-0.4, -0.2) is 37.1 Å². The highest BCUT2D eigenvalue weighted by Crippen LogP contribution is 2.18. The van der Waals surface area contributed by atoms with Crippen molar-refractivity contribution in [3.05, 3.63) is 0 Å². The third-order valence-corrected chi connectivity index (χ3v) is 3.78. The quantitative estimate of drug-likeness (QED) is 0.793. The van der Waals surface area contributed by atoms with Gasteiger partial charge in [0.15, 0.2) is 0 Å². The number of rotatable bonds is 5. The molecule has 0 aromatic heterocycles. The van der Waals surface area contributed by atoms with E-state index >= 15 is 0 Å². The van der Waals surface area contributed by atoms with Crippen LogP contribution in [0, 0.1) is 5.41 Å². The number of likely N-dealkylation sites (N-methyl/N-ethyl adjacent to an activating group) is 1. The standard InChI is InChI=1S/C15H32N2/c1-13(17(5)12-15(2,3)4)11-16-14-9-7-6-8-10-14/h13-14,16H,6-12H2,1-5H3. The summed E-state index contributed by atoms with van der Waals surface area (Å²) >= 11 is 0. The Bertz CT molecular complexity index is 201. The van der Waals surface area contributed by atoms with Crippen LogP contribution in [0.5, 0.6) is 0 Å². The van der Waals surface area contributed by atoms with Crippen molar-refractivity contribution >= 4 is 0 Å². The predicted molar refractivity (Wildman–Crippen MR) is 76.4 cm³/mol. The number of hydrogen-bond donors (Lipinski definition) is 1. The number of hydrogen-bond acceptors (Lipinski definition) is 2. The van der Waals surface area contributed by atoms with Gasteiger partial charge in [-0.3, -0.25) is 0 Å². The summed E-state index contributed by atoms with van der Waals surface area (Å²) in [4.78, 5) is 2.48. The van der Waals surface area contributed by atoms with Crippen LogP contribution < -0.4 is 5.32 Å². The first-order valence-corrected chi connectivity index (χ1v) is 7.32. The average Bonchev–Trinajstić information content (AvgIpc) is 2.25. The van der Waals surface area contributed by atoms with E-state index in [0.717, 1.165) is 12.6 Å². The van der Waals surface area contributed by atoms with Gasteiger partial charge >= 0.3 is 0 Å². The van der Waals surface area contributed by atoms with Crippen molar-refractivity contribution in [3.8, 4) is 0 Å². The smallest absolute Gasteiger partial charge is 0.0189 e. The van der Waals surface area contributed by atoms with Gasteiger partial charge in [-0.2, -0.15) is 0 Å². The van der Waals surface area contributed by atoms with Crippen LogP contribution in [0.4, 0.5) is 0 Å². The fraction of sp³-hybridized carbons (Fsp3) is 1.00. The molecular weight excluding hydrogens is 208 g/mol. The zero-order valence-corrected chi connectivity index (χ0v) is 12.6. The summed E-state index contributed by atoms with van der Waals surface area (Å²) in [6, 6.07) is 1.42. The molecule has 1 fully saturated rings. The molecule has 0 heterocycles. The average molecular weight is 240 g/mol. The lowest BCUT2D eigenvalue weighted by molar-refractivity contribution is 0.173. The molecule has 1 saturated carbocycles. The molecule has 1 aliphatic carbocycles. The Hall–Kier alpha value is -0.0800. The van der Waals surface area contributed by atoms with Gasteiger partial charge in [0, 0.05) is 25.2 Å². The lowest BCUT2D eigenvalue weighted by atomic mass is 9.94. The predicted octanol–water partition coefficient (Wildman–Crippen LogP) is 3.28. The third kappa shape index (κ3) is 6.42.